The average molecular weight is 580 g/mol. The van der Waals surface area contributed by atoms with Gasteiger partial charge in [0, 0.05) is 34.3 Å². The third-order valence-corrected chi connectivity index (χ3v) is 11.8. The van der Waals surface area contributed by atoms with Gasteiger partial charge in [0.2, 0.25) is 5.91 Å². The van der Waals surface area contributed by atoms with Crippen LogP contribution in [0.4, 0.5) is 5.69 Å². The van der Waals surface area contributed by atoms with Crippen LogP contribution >= 0.6 is 11.8 Å². The molecular weight excluding hydrogens is 538 g/mol. The largest absolute Gasteiger partial charge is 0.393 e. The van der Waals surface area contributed by atoms with Gasteiger partial charge in [-0.25, -0.2) is 0 Å². The van der Waals surface area contributed by atoms with E-state index in [0.717, 1.165) is 48.3 Å². The highest BCUT2D eigenvalue weighted by molar-refractivity contribution is 8.00. The van der Waals surface area contributed by atoms with Gasteiger partial charge in [-0.15, -0.1) is 11.8 Å². The summed E-state index contributed by atoms with van der Waals surface area (Å²) in [6.07, 6.45) is 8.58. The number of hydrogen-bond donors (Lipinski definition) is 2. The molecule has 1 aromatic carbocycles. The number of aliphatic hydroxyl groups is 1. The first kappa shape index (κ1) is 28.8. The second kappa shape index (κ2) is 10.5. The van der Waals surface area contributed by atoms with Crippen LogP contribution in [0.2, 0.25) is 0 Å². The number of benzene rings is 1. The Morgan fingerprint density at radius 2 is 1.95 bits per heavy atom. The fourth-order valence-corrected chi connectivity index (χ4v) is 9.94. The molecule has 41 heavy (non-hydrogen) atoms. The maximum atomic E-state index is 14.4. The van der Waals surface area contributed by atoms with Crippen molar-refractivity contribution in [2.75, 3.05) is 11.1 Å². The molecule has 0 bridgehead atoms. The van der Waals surface area contributed by atoms with Gasteiger partial charge in [-0.1, -0.05) is 38.8 Å². The minimum atomic E-state index is -1.11. The molecule has 9 atom stereocenters. The van der Waals surface area contributed by atoms with Gasteiger partial charge >= 0.3 is 0 Å². The predicted molar refractivity (Wildman–Crippen MR) is 157 cm³/mol. The molecule has 5 aliphatic rings. The molecule has 1 aliphatic heterocycles. The number of nitrogens with one attached hydrogen (secondary N) is 1. The topological polar surface area (TPSA) is 102 Å². The van der Waals surface area contributed by atoms with Crippen LogP contribution in [0.5, 0.6) is 0 Å². The van der Waals surface area contributed by atoms with E-state index < -0.39 is 23.4 Å². The third-order valence-electron chi connectivity index (χ3n) is 10.8. The lowest BCUT2D eigenvalue weighted by molar-refractivity contribution is -0.197. The summed E-state index contributed by atoms with van der Waals surface area (Å²) in [4.78, 5) is 38.9. The summed E-state index contributed by atoms with van der Waals surface area (Å²) in [6.45, 7) is 7.89. The van der Waals surface area contributed by atoms with E-state index in [1.54, 1.807) is 12.2 Å². The molecule has 2 N–H and O–H groups in total. The van der Waals surface area contributed by atoms with Crippen molar-refractivity contribution in [3.8, 4) is 0 Å². The molecule has 6 rings (SSSR count). The van der Waals surface area contributed by atoms with Crippen LogP contribution in [0.1, 0.15) is 66.2 Å². The van der Waals surface area contributed by atoms with Gasteiger partial charge in [0.15, 0.2) is 23.5 Å². The lowest BCUT2D eigenvalue weighted by atomic mass is 9.46. The molecule has 7 unspecified atom stereocenters. The van der Waals surface area contributed by atoms with E-state index >= 15 is 0 Å². The molecule has 8 heteroatoms. The van der Waals surface area contributed by atoms with E-state index in [4.69, 9.17) is 9.47 Å². The number of carbonyl (C=O) groups excluding carboxylic acids is 3. The minimum Gasteiger partial charge on any atom is -0.393 e. The number of rotatable bonds is 7. The first-order valence-corrected chi connectivity index (χ1v) is 16.0. The predicted octanol–water partition coefficient (Wildman–Crippen LogP) is 5.48. The molecule has 4 fully saturated rings. The van der Waals surface area contributed by atoms with E-state index in [9.17, 15) is 19.5 Å². The minimum absolute atomic E-state index is 0.0150. The van der Waals surface area contributed by atoms with Gasteiger partial charge < -0.3 is 19.9 Å². The summed E-state index contributed by atoms with van der Waals surface area (Å²) >= 11 is 1.47. The zero-order valence-corrected chi connectivity index (χ0v) is 25.2. The maximum absolute atomic E-state index is 14.4. The Kier molecular flexibility index (Phi) is 7.37. The fraction of sp³-hybridized carbons (Fsp3) is 0.606. The Balaban J connectivity index is 1.29. The number of hydrogen-bond acceptors (Lipinski definition) is 7. The van der Waals surface area contributed by atoms with E-state index in [2.05, 4.69) is 26.1 Å². The normalized spacial score (nSPS) is 40.7. The lowest BCUT2D eigenvalue weighted by Crippen LogP contribution is -2.63. The Bertz CT molecular complexity index is 1310. The Hall–Kier alpha value is -2.26. The number of amides is 1. The smallest absolute Gasteiger partial charge is 0.221 e. The molecule has 1 heterocycles. The summed E-state index contributed by atoms with van der Waals surface area (Å²) in [7, 11) is 0. The van der Waals surface area contributed by atoms with Crippen LogP contribution in [0.15, 0.2) is 53.0 Å². The summed E-state index contributed by atoms with van der Waals surface area (Å²) in [6, 6.07) is 7.50. The van der Waals surface area contributed by atoms with Crippen LogP contribution < -0.4 is 5.32 Å². The Morgan fingerprint density at radius 1 is 1.20 bits per heavy atom. The molecule has 1 saturated heterocycles. The zero-order valence-electron chi connectivity index (χ0n) is 24.4. The summed E-state index contributed by atoms with van der Waals surface area (Å²) in [5.74, 6) is 0.511. The number of aliphatic hydroxyl groups excluding tert-OH is 1. The van der Waals surface area contributed by atoms with Crippen molar-refractivity contribution in [1.29, 1.82) is 0 Å². The van der Waals surface area contributed by atoms with Crippen molar-refractivity contribution in [2.24, 2.45) is 28.6 Å². The van der Waals surface area contributed by atoms with Crippen LogP contribution in [0.25, 0.3) is 0 Å². The van der Waals surface area contributed by atoms with E-state index in [0.29, 0.717) is 6.42 Å². The van der Waals surface area contributed by atoms with E-state index in [-0.39, 0.29) is 52.5 Å². The SMILES string of the molecule is CCCC1O[C@@H]2CC3C4CCC5=CC(=O)C=CC5(C)C4C(O)CC3(C)[C@]2(C(=O)CSc2ccc(NC(C)=O)cc2)O1. The Labute approximate surface area is 246 Å². The molecule has 4 aliphatic carbocycles. The van der Waals surface area contributed by atoms with Crippen LogP contribution in [0.3, 0.4) is 0 Å². The monoisotopic (exact) mass is 579 g/mol. The van der Waals surface area contributed by atoms with Gasteiger partial charge in [-0.2, -0.15) is 0 Å². The highest BCUT2D eigenvalue weighted by atomic mass is 32.2. The van der Waals surface area contributed by atoms with Gasteiger partial charge in [0.25, 0.3) is 0 Å². The molecule has 220 valence electrons. The van der Waals surface area contributed by atoms with E-state index in [1.165, 1.54) is 18.7 Å². The highest BCUT2D eigenvalue weighted by Crippen LogP contribution is 2.69. The van der Waals surface area contributed by atoms with Crippen LogP contribution in [-0.2, 0) is 23.9 Å². The molecule has 1 aromatic rings. The second-order valence-corrected chi connectivity index (χ2v) is 14.1. The molecule has 0 aromatic heterocycles. The van der Waals surface area contributed by atoms with Crippen molar-refractivity contribution in [1.82, 2.24) is 0 Å². The van der Waals surface area contributed by atoms with E-state index in [1.807, 2.05) is 30.3 Å². The molecule has 1 amide bonds. The van der Waals surface area contributed by atoms with Gasteiger partial charge in [-0.05, 0) is 80.4 Å². The number of allylic oxidation sites excluding steroid dienone is 4. The number of ether oxygens (including phenoxy) is 2. The van der Waals surface area contributed by atoms with Gasteiger partial charge in [0.05, 0.1) is 18.0 Å². The molecular formula is C33H41NO6S. The number of ketones is 2. The third kappa shape index (κ3) is 4.48. The molecule has 0 radical (unpaired) electrons. The Morgan fingerprint density at radius 3 is 2.66 bits per heavy atom. The molecule has 7 nitrogen and oxygen atoms in total. The molecule has 0 spiro atoms. The van der Waals surface area contributed by atoms with Gasteiger partial charge in [-0.3, -0.25) is 14.4 Å². The average Bonchev–Trinajstić information content (AvgIpc) is 3.40. The number of thioether (sulfide) groups is 1. The van der Waals surface area contributed by atoms with Crippen molar-refractivity contribution in [2.45, 2.75) is 95.2 Å². The van der Waals surface area contributed by atoms with Crippen molar-refractivity contribution >= 4 is 34.9 Å². The summed E-state index contributed by atoms with van der Waals surface area (Å²) in [5.41, 5.74) is -0.205. The van der Waals surface area contributed by atoms with Crippen molar-refractivity contribution in [3.05, 3.63) is 48.1 Å². The number of carbonyl (C=O) groups is 3. The maximum Gasteiger partial charge on any atom is 0.221 e. The van der Waals surface area contributed by atoms with Crippen LogP contribution in [0, 0.1) is 28.6 Å². The van der Waals surface area contributed by atoms with Crippen molar-refractivity contribution in [3.63, 3.8) is 0 Å². The van der Waals surface area contributed by atoms with Crippen LogP contribution in [-0.4, -0.2) is 52.4 Å². The summed E-state index contributed by atoms with van der Waals surface area (Å²) < 4.78 is 13.3. The fourth-order valence-electron chi connectivity index (χ4n) is 9.10. The highest BCUT2D eigenvalue weighted by Gasteiger charge is 2.75. The first-order valence-electron chi connectivity index (χ1n) is 15.0. The quantitative estimate of drug-likeness (QED) is 0.413. The number of Topliss-reactive ketones (excluding diaryl/α,β-unsaturated/α-hetero) is 1. The number of fused-ring (bicyclic) bond motifs is 7. The van der Waals surface area contributed by atoms with Gasteiger partial charge in [0.1, 0.15) is 0 Å². The molecule has 3 saturated carbocycles. The number of anilines is 1. The standard InChI is InChI=1S/C33H41NO6S/c1-5-6-29-39-28-16-25-24-12-7-20-15-22(36)13-14-31(20,3)30(24)26(37)17-32(25,4)33(28,40-29)27(38)18-41-23-10-8-21(9-11-23)34-19(2)35/h8-11,13-15,24-26,28-30,37H,5-7,12,16-18H2,1-4H3,(H,34,35)/t24?,25?,26?,28-,29?,30?,31?,32?,33-/m1/s1. The first-order chi connectivity index (χ1) is 19.5. The second-order valence-electron chi connectivity index (χ2n) is 13.1. The van der Waals surface area contributed by atoms with Crippen molar-refractivity contribution < 1.29 is 29.0 Å². The zero-order chi connectivity index (χ0) is 29.2. The summed E-state index contributed by atoms with van der Waals surface area (Å²) in [5, 5.41) is 14.7. The lowest BCUT2D eigenvalue weighted by Gasteiger charge is -2.59.